The first-order valence-corrected chi connectivity index (χ1v) is 13.8. The first kappa shape index (κ1) is 31.0. The first-order chi connectivity index (χ1) is 21.0. The summed E-state index contributed by atoms with van der Waals surface area (Å²) in [6, 6.07) is 27.3. The fourth-order valence-corrected chi connectivity index (χ4v) is 4.23. The van der Waals surface area contributed by atoms with Crippen molar-refractivity contribution in [1.29, 1.82) is 0 Å². The van der Waals surface area contributed by atoms with Crippen molar-refractivity contribution in [2.24, 2.45) is 0 Å². The molecule has 0 spiro atoms. The number of esters is 2. The van der Waals surface area contributed by atoms with Gasteiger partial charge in [-0.25, -0.2) is 9.59 Å². The van der Waals surface area contributed by atoms with Crippen molar-refractivity contribution >= 4 is 34.3 Å². The Morgan fingerprint density at radius 3 is 1.58 bits per heavy atom. The van der Waals surface area contributed by atoms with E-state index in [1.807, 2.05) is 60.7 Å². The molecule has 2 unspecified atom stereocenters. The topological polar surface area (TPSA) is 89.5 Å². The number of ether oxygens (including phenoxy) is 6. The van der Waals surface area contributed by atoms with E-state index in [2.05, 4.69) is 13.2 Å². The van der Waals surface area contributed by atoms with Crippen molar-refractivity contribution in [2.75, 3.05) is 26.4 Å². The molecular weight excluding hydrogens is 572 g/mol. The van der Waals surface area contributed by atoms with E-state index in [0.717, 1.165) is 12.2 Å². The van der Waals surface area contributed by atoms with Crippen molar-refractivity contribution in [3.8, 4) is 23.0 Å². The predicted octanol–water partition coefficient (Wildman–Crippen LogP) is 6.60. The summed E-state index contributed by atoms with van der Waals surface area (Å²) in [6.07, 6.45) is 0.679. The molecule has 0 aromatic heterocycles. The smallest absolute Gasteiger partial charge is 0.330 e. The highest BCUT2D eigenvalue weighted by Crippen LogP contribution is 2.40. The molecule has 0 aliphatic rings. The fourth-order valence-electron chi connectivity index (χ4n) is 3.98. The summed E-state index contributed by atoms with van der Waals surface area (Å²) in [5, 5.41) is 1.65. The highest BCUT2D eigenvalue weighted by molar-refractivity contribution is 6.33. The molecule has 4 aromatic rings. The predicted molar refractivity (Wildman–Crippen MR) is 164 cm³/mol. The van der Waals surface area contributed by atoms with Gasteiger partial charge in [0.05, 0.1) is 5.02 Å². The molecule has 43 heavy (non-hydrogen) atoms. The van der Waals surface area contributed by atoms with E-state index in [-0.39, 0.29) is 31.5 Å². The molecule has 0 N–H and O–H groups in total. The molecule has 2 atom stereocenters. The van der Waals surface area contributed by atoms with Crippen LogP contribution in [0.3, 0.4) is 0 Å². The molecule has 4 aromatic carbocycles. The average molecular weight is 603 g/mol. The second-order valence-electron chi connectivity index (χ2n) is 9.13. The summed E-state index contributed by atoms with van der Waals surface area (Å²) in [4.78, 5) is 23.9. The molecule has 0 saturated heterocycles. The minimum Gasteiger partial charge on any atom is -0.490 e. The fraction of sp³-hybridized carbons (Fsp3) is 0.176. The van der Waals surface area contributed by atoms with Gasteiger partial charge in [0.1, 0.15) is 49.4 Å². The van der Waals surface area contributed by atoms with Crippen LogP contribution in [0, 0.1) is 0 Å². The number of carbonyl (C=O) groups is 2. The third-order valence-electron chi connectivity index (χ3n) is 6.01. The lowest BCUT2D eigenvalue weighted by Crippen LogP contribution is -2.31. The Morgan fingerprint density at radius 2 is 1.07 bits per heavy atom. The number of carbonyl (C=O) groups excluding carboxylic acids is 2. The summed E-state index contributed by atoms with van der Waals surface area (Å²) in [5.74, 6) is 0.884. The highest BCUT2D eigenvalue weighted by atomic mass is 35.5. The second-order valence-corrected chi connectivity index (χ2v) is 9.53. The number of hydrogen-bond acceptors (Lipinski definition) is 8. The molecule has 0 aliphatic heterocycles. The van der Waals surface area contributed by atoms with Crippen molar-refractivity contribution in [3.05, 3.63) is 121 Å². The summed E-state index contributed by atoms with van der Waals surface area (Å²) in [5.41, 5.74) is 0. The Balaban J connectivity index is 1.49. The minimum absolute atomic E-state index is 0.0106. The second kappa shape index (κ2) is 15.9. The van der Waals surface area contributed by atoms with Crippen LogP contribution in [0.1, 0.15) is 0 Å². The molecule has 0 bridgehead atoms. The van der Waals surface area contributed by atoms with Crippen molar-refractivity contribution in [2.45, 2.75) is 12.2 Å². The summed E-state index contributed by atoms with van der Waals surface area (Å²) < 4.78 is 34.7. The minimum atomic E-state index is -0.749. The Kier molecular flexibility index (Phi) is 11.5. The molecular formula is C34H31ClO8. The molecule has 0 amide bonds. The van der Waals surface area contributed by atoms with Gasteiger partial charge >= 0.3 is 11.9 Å². The number of rotatable bonds is 16. The lowest BCUT2D eigenvalue weighted by molar-refractivity contribution is -0.147. The number of halogens is 1. The standard InChI is InChI=1S/C34H31ClO8/c1-3-32(36)42-26(20-38-24-13-7-5-8-14-24)22-40-31-19-30(35)34(29-18-12-11-17-28(29)31)41-23-27(43-33(37)4-2)21-39-25-15-9-6-10-16-25/h3-19,26-27H,1-2,20-23H2. The molecule has 9 heteroatoms. The van der Waals surface area contributed by atoms with Crippen molar-refractivity contribution in [1.82, 2.24) is 0 Å². The van der Waals surface area contributed by atoms with Gasteiger partial charge in [0.25, 0.3) is 0 Å². The van der Waals surface area contributed by atoms with Gasteiger partial charge in [-0.2, -0.15) is 0 Å². The zero-order chi connectivity index (χ0) is 30.4. The van der Waals surface area contributed by atoms with Gasteiger partial charge in [0.15, 0.2) is 12.2 Å². The highest BCUT2D eigenvalue weighted by Gasteiger charge is 2.21. The molecule has 0 heterocycles. The van der Waals surface area contributed by atoms with E-state index >= 15 is 0 Å². The van der Waals surface area contributed by atoms with Crippen LogP contribution >= 0.6 is 11.6 Å². The van der Waals surface area contributed by atoms with E-state index in [9.17, 15) is 9.59 Å². The number of hydrogen-bond donors (Lipinski definition) is 0. The summed E-state index contributed by atoms with van der Waals surface area (Å²) >= 11 is 6.68. The maximum Gasteiger partial charge on any atom is 0.330 e. The van der Waals surface area contributed by atoms with Gasteiger partial charge in [-0.05, 0) is 24.3 Å². The van der Waals surface area contributed by atoms with E-state index in [0.29, 0.717) is 33.8 Å². The number of benzene rings is 4. The average Bonchev–Trinajstić information content (AvgIpc) is 3.04. The number of para-hydroxylation sites is 2. The third kappa shape index (κ3) is 9.28. The maximum absolute atomic E-state index is 12.0. The largest absolute Gasteiger partial charge is 0.490 e. The van der Waals surface area contributed by atoms with Crippen LogP contribution in [0.5, 0.6) is 23.0 Å². The summed E-state index contributed by atoms with van der Waals surface area (Å²) in [6.45, 7) is 6.99. The van der Waals surface area contributed by atoms with Crippen LogP contribution in [0.15, 0.2) is 116 Å². The van der Waals surface area contributed by atoms with Gasteiger partial charge in [-0.3, -0.25) is 0 Å². The lowest BCUT2D eigenvalue weighted by Gasteiger charge is -2.21. The van der Waals surface area contributed by atoms with Crippen LogP contribution in [0.25, 0.3) is 10.8 Å². The molecule has 0 radical (unpaired) electrons. The molecule has 0 saturated carbocycles. The van der Waals surface area contributed by atoms with Crippen LogP contribution < -0.4 is 18.9 Å². The lowest BCUT2D eigenvalue weighted by atomic mass is 10.1. The summed E-state index contributed by atoms with van der Waals surface area (Å²) in [7, 11) is 0. The molecule has 222 valence electrons. The molecule has 0 fully saturated rings. The van der Waals surface area contributed by atoms with E-state index in [1.54, 1.807) is 30.3 Å². The maximum atomic E-state index is 12.0. The van der Waals surface area contributed by atoms with E-state index < -0.39 is 24.1 Å². The van der Waals surface area contributed by atoms with Crippen LogP contribution in [0.2, 0.25) is 5.02 Å². The normalized spacial score (nSPS) is 11.9. The van der Waals surface area contributed by atoms with Crippen LogP contribution in [0.4, 0.5) is 0 Å². The Labute approximate surface area is 255 Å². The quantitative estimate of drug-likeness (QED) is 0.105. The zero-order valence-electron chi connectivity index (χ0n) is 23.4. The SMILES string of the molecule is C=CC(=O)OC(COc1ccccc1)COc1cc(Cl)c(OCC(COc2ccccc2)OC(=O)C=C)c2ccccc12. The van der Waals surface area contributed by atoms with Crippen molar-refractivity contribution < 1.29 is 38.0 Å². The molecule has 8 nitrogen and oxygen atoms in total. The Hall–Kier alpha value is -4.95. The third-order valence-corrected chi connectivity index (χ3v) is 6.29. The monoisotopic (exact) mass is 602 g/mol. The Bertz CT molecular complexity index is 1520. The molecule has 4 rings (SSSR count). The number of fused-ring (bicyclic) bond motifs is 1. The van der Waals surface area contributed by atoms with Gasteiger partial charge in [0.2, 0.25) is 0 Å². The van der Waals surface area contributed by atoms with E-state index in [4.69, 9.17) is 40.0 Å². The van der Waals surface area contributed by atoms with Gasteiger partial charge in [-0.15, -0.1) is 0 Å². The van der Waals surface area contributed by atoms with Gasteiger partial charge in [-0.1, -0.05) is 85.4 Å². The van der Waals surface area contributed by atoms with Crippen LogP contribution in [-0.4, -0.2) is 50.6 Å². The van der Waals surface area contributed by atoms with Gasteiger partial charge in [0, 0.05) is 29.0 Å². The van der Waals surface area contributed by atoms with E-state index in [1.165, 1.54) is 0 Å². The molecule has 0 aliphatic carbocycles. The van der Waals surface area contributed by atoms with Gasteiger partial charge < -0.3 is 28.4 Å². The zero-order valence-corrected chi connectivity index (χ0v) is 24.1. The first-order valence-electron chi connectivity index (χ1n) is 13.5. The van der Waals surface area contributed by atoms with Crippen LogP contribution in [-0.2, 0) is 19.1 Å². The Morgan fingerprint density at radius 1 is 0.628 bits per heavy atom. The van der Waals surface area contributed by atoms with Crippen molar-refractivity contribution in [3.63, 3.8) is 0 Å².